The quantitative estimate of drug-likeness (QED) is 0.380. The van der Waals surface area contributed by atoms with Crippen molar-refractivity contribution in [3.8, 4) is 0 Å². The molecule has 0 aromatic rings. The van der Waals surface area contributed by atoms with Gasteiger partial charge in [0.25, 0.3) is 0 Å². The van der Waals surface area contributed by atoms with Crippen LogP contribution in [0.15, 0.2) is 12.3 Å². The van der Waals surface area contributed by atoms with E-state index in [-0.39, 0.29) is 54.9 Å². The van der Waals surface area contributed by atoms with Gasteiger partial charge in [-0.2, -0.15) is 0 Å². The van der Waals surface area contributed by atoms with Gasteiger partial charge in [-0.1, -0.05) is 6.58 Å². The first-order valence-electron chi connectivity index (χ1n) is 3.98. The van der Waals surface area contributed by atoms with Crippen LogP contribution in [0.4, 0.5) is 0 Å². The molecule has 0 aromatic heterocycles. The molecule has 0 unspecified atom stereocenters. The van der Waals surface area contributed by atoms with Gasteiger partial charge < -0.3 is 15.3 Å². The van der Waals surface area contributed by atoms with Gasteiger partial charge in [-0.05, 0) is 0 Å². The fourth-order valence-corrected chi connectivity index (χ4v) is 0.923. The first-order valence-corrected chi connectivity index (χ1v) is 3.98. The molecule has 78 valence electrons. The van der Waals surface area contributed by atoms with Crippen molar-refractivity contribution in [3.63, 3.8) is 0 Å². The summed E-state index contributed by atoms with van der Waals surface area (Å²) in [7, 11) is 0. The van der Waals surface area contributed by atoms with Gasteiger partial charge in [0.2, 0.25) is 0 Å². The minimum atomic E-state index is -0.897. The van der Waals surface area contributed by atoms with E-state index in [1.165, 1.54) is 0 Å². The van der Waals surface area contributed by atoms with Crippen molar-refractivity contribution in [2.24, 2.45) is 0 Å². The van der Waals surface area contributed by atoms with E-state index in [1.54, 1.807) is 4.90 Å². The van der Waals surface area contributed by atoms with Crippen LogP contribution in [0.25, 0.3) is 0 Å². The molecule has 0 fully saturated rings. The van der Waals surface area contributed by atoms with Crippen molar-refractivity contribution in [2.45, 2.75) is 6.42 Å². The second-order valence-corrected chi connectivity index (χ2v) is 2.71. The number of carboxylic acid groups (broad SMARTS) is 1. The number of aliphatic carboxylic acids is 1. The topological polar surface area (TPSA) is 81.0 Å². The van der Waals surface area contributed by atoms with E-state index in [2.05, 4.69) is 6.58 Å². The Morgan fingerprint density at radius 3 is 2.21 bits per heavy atom. The van der Waals surface area contributed by atoms with Crippen molar-refractivity contribution in [1.29, 1.82) is 0 Å². The zero-order valence-electron chi connectivity index (χ0n) is 7.44. The fourth-order valence-electron chi connectivity index (χ4n) is 0.923. The van der Waals surface area contributed by atoms with Gasteiger partial charge in [-0.25, -0.2) is 0 Å². The van der Waals surface area contributed by atoms with Crippen molar-refractivity contribution in [1.82, 2.24) is 4.90 Å². The van der Waals surface area contributed by atoms with Gasteiger partial charge in [-0.15, -0.1) is 0 Å². The van der Waals surface area contributed by atoms with Crippen molar-refractivity contribution < 1.29 is 20.1 Å². The Morgan fingerprint density at radius 2 is 1.86 bits per heavy atom. The normalized spacial score (nSPS) is 9.57. The number of aliphatic hydroxyl groups excluding tert-OH is 2. The molecule has 3 N–H and O–H groups in total. The summed E-state index contributed by atoms with van der Waals surface area (Å²) in [6, 6.07) is 0. The zero-order chi connectivity index (χ0) is 10.3. The summed E-state index contributed by atoms with van der Waals surface area (Å²) in [4.78, 5) is 11.8. The van der Waals surface area contributed by atoms with Crippen LogP contribution in [0.2, 0.25) is 0 Å². The monoisotopic (exact) mass is 213 g/mol. The molecule has 5 nitrogen and oxygen atoms in total. The molecule has 0 aliphatic rings. The van der Waals surface area contributed by atoms with E-state index in [0.29, 0.717) is 13.1 Å². The standard InChI is InChI=1S/C8H15NO4.Na.H/c1-7(11)6-9(4-5-10)3-2-8(12)13;;/h10-11H,1-6H2,(H,12,13);;. The third-order valence-corrected chi connectivity index (χ3v) is 1.46. The molecule has 0 rings (SSSR count). The average Bonchev–Trinajstić information content (AvgIpc) is 1.99. The summed E-state index contributed by atoms with van der Waals surface area (Å²) in [5.41, 5.74) is 0. The third kappa shape index (κ3) is 10.0. The fraction of sp³-hybridized carbons (Fsp3) is 0.625. The molecular weight excluding hydrogens is 197 g/mol. The number of aliphatic hydroxyl groups is 2. The first-order chi connectivity index (χ1) is 6.06. The van der Waals surface area contributed by atoms with E-state index >= 15 is 0 Å². The van der Waals surface area contributed by atoms with Crippen LogP contribution < -0.4 is 0 Å². The molecule has 0 saturated heterocycles. The van der Waals surface area contributed by atoms with Crippen LogP contribution in [0, 0.1) is 0 Å². The van der Waals surface area contributed by atoms with Crippen molar-refractivity contribution in [3.05, 3.63) is 12.3 Å². The van der Waals surface area contributed by atoms with Gasteiger partial charge in [0.1, 0.15) is 0 Å². The Bertz CT molecular complexity index is 186. The Hall–Kier alpha value is -0.0700. The molecule has 0 aliphatic carbocycles. The molecule has 0 amide bonds. The summed E-state index contributed by atoms with van der Waals surface area (Å²) in [6.45, 7) is 4.07. The van der Waals surface area contributed by atoms with E-state index in [0.717, 1.165) is 0 Å². The Balaban J connectivity index is 0. The van der Waals surface area contributed by atoms with E-state index in [1.807, 2.05) is 0 Å². The Kier molecular flexibility index (Phi) is 11.1. The Morgan fingerprint density at radius 1 is 1.29 bits per heavy atom. The van der Waals surface area contributed by atoms with Gasteiger partial charge in [0.15, 0.2) is 0 Å². The van der Waals surface area contributed by atoms with Gasteiger partial charge >= 0.3 is 35.5 Å². The number of hydrogen-bond donors (Lipinski definition) is 3. The molecule has 0 heterocycles. The van der Waals surface area contributed by atoms with Crippen LogP contribution in [0.5, 0.6) is 0 Å². The second-order valence-electron chi connectivity index (χ2n) is 2.71. The van der Waals surface area contributed by atoms with Crippen LogP contribution in [-0.2, 0) is 4.79 Å². The molecule has 14 heavy (non-hydrogen) atoms. The molecule has 0 saturated carbocycles. The van der Waals surface area contributed by atoms with E-state index in [4.69, 9.17) is 15.3 Å². The van der Waals surface area contributed by atoms with Gasteiger partial charge in [-0.3, -0.25) is 9.69 Å². The average molecular weight is 213 g/mol. The van der Waals surface area contributed by atoms with Crippen LogP contribution >= 0.6 is 0 Å². The molecule has 0 radical (unpaired) electrons. The van der Waals surface area contributed by atoms with E-state index < -0.39 is 5.97 Å². The molecular formula is C8H16NNaO4. The molecule has 0 aliphatic heterocycles. The number of carbonyl (C=O) groups is 1. The van der Waals surface area contributed by atoms with Crippen LogP contribution in [-0.4, -0.2) is 82.0 Å². The molecule has 6 heteroatoms. The third-order valence-electron chi connectivity index (χ3n) is 1.46. The summed E-state index contributed by atoms with van der Waals surface area (Å²) in [5, 5.41) is 25.9. The van der Waals surface area contributed by atoms with Crippen LogP contribution in [0.1, 0.15) is 6.42 Å². The first kappa shape index (κ1) is 16.4. The second kappa shape index (κ2) is 9.48. The van der Waals surface area contributed by atoms with Crippen molar-refractivity contribution >= 4 is 35.5 Å². The summed E-state index contributed by atoms with van der Waals surface area (Å²) >= 11 is 0. The molecule has 0 aromatic carbocycles. The molecule has 0 atom stereocenters. The van der Waals surface area contributed by atoms with Gasteiger partial charge in [0.05, 0.1) is 25.3 Å². The SMILES string of the molecule is C=C(O)CN(CCO)CCC(=O)O.[NaH]. The molecule has 0 bridgehead atoms. The predicted molar refractivity (Wildman–Crippen MR) is 54.7 cm³/mol. The van der Waals surface area contributed by atoms with Crippen LogP contribution in [0.3, 0.4) is 0 Å². The summed E-state index contributed by atoms with van der Waals surface area (Å²) in [6.07, 6.45) is -0.00667. The molecule has 0 spiro atoms. The maximum absolute atomic E-state index is 10.2. The maximum atomic E-state index is 10.2. The number of rotatable bonds is 7. The number of hydrogen-bond acceptors (Lipinski definition) is 4. The summed E-state index contributed by atoms with van der Waals surface area (Å²) in [5.74, 6) is -0.926. The zero-order valence-corrected chi connectivity index (χ0v) is 7.44. The van der Waals surface area contributed by atoms with Gasteiger partial charge in [0, 0.05) is 13.1 Å². The predicted octanol–water partition coefficient (Wildman–Crippen LogP) is -0.821. The number of nitrogens with zero attached hydrogens (tertiary/aromatic N) is 1. The van der Waals surface area contributed by atoms with Crippen molar-refractivity contribution in [2.75, 3.05) is 26.2 Å². The Labute approximate surface area is 105 Å². The minimum absolute atomic E-state index is 0. The van der Waals surface area contributed by atoms with E-state index in [9.17, 15) is 4.79 Å². The summed E-state index contributed by atoms with van der Waals surface area (Å²) < 4.78 is 0. The number of carboxylic acids is 1.